The molecule has 0 atom stereocenters. The summed E-state index contributed by atoms with van der Waals surface area (Å²) in [7, 11) is 0. The summed E-state index contributed by atoms with van der Waals surface area (Å²) in [5.74, 6) is -0.144. The second-order valence-electron chi connectivity index (χ2n) is 6.88. The van der Waals surface area contributed by atoms with Crippen LogP contribution in [0.4, 0.5) is 5.13 Å². The largest absolute Gasteiger partial charge is 0.361 e. The number of rotatable bonds is 7. The molecule has 0 radical (unpaired) electrons. The third-order valence-corrected chi connectivity index (χ3v) is 5.84. The van der Waals surface area contributed by atoms with Crippen LogP contribution in [-0.2, 0) is 11.2 Å². The highest BCUT2D eigenvalue weighted by Crippen LogP contribution is 2.31. The van der Waals surface area contributed by atoms with Gasteiger partial charge >= 0.3 is 0 Å². The number of aromatic amines is 1. The number of nitrogens with zero attached hydrogens (tertiary/aromatic N) is 1. The molecule has 4 aromatic rings. The van der Waals surface area contributed by atoms with Crippen molar-refractivity contribution >= 4 is 39.1 Å². The summed E-state index contributed by atoms with van der Waals surface area (Å²) >= 11 is 1.23. The van der Waals surface area contributed by atoms with E-state index in [1.807, 2.05) is 54.7 Å². The van der Waals surface area contributed by atoms with Gasteiger partial charge in [0.15, 0.2) is 10.9 Å². The van der Waals surface area contributed by atoms with Crippen molar-refractivity contribution in [1.82, 2.24) is 9.97 Å². The van der Waals surface area contributed by atoms with Gasteiger partial charge in [0.1, 0.15) is 0 Å². The molecule has 0 unspecified atom stereocenters. The van der Waals surface area contributed by atoms with Gasteiger partial charge in [-0.1, -0.05) is 59.9 Å². The molecule has 29 heavy (non-hydrogen) atoms. The Balaban J connectivity index is 1.40. The molecule has 6 heteroatoms. The number of benzene rings is 2. The predicted molar refractivity (Wildman–Crippen MR) is 117 cm³/mol. The number of nitrogens with one attached hydrogen (secondary N) is 2. The number of hydrogen-bond acceptors (Lipinski definition) is 4. The Kier molecular flexibility index (Phi) is 5.53. The highest BCUT2D eigenvalue weighted by Gasteiger charge is 2.17. The average Bonchev–Trinajstić information content (AvgIpc) is 3.33. The first-order chi connectivity index (χ1) is 14.1. The van der Waals surface area contributed by atoms with Gasteiger partial charge in [0.2, 0.25) is 5.91 Å². The van der Waals surface area contributed by atoms with E-state index in [0.717, 1.165) is 23.9 Å². The first-order valence-corrected chi connectivity index (χ1v) is 10.4. The topological polar surface area (TPSA) is 74.8 Å². The van der Waals surface area contributed by atoms with Gasteiger partial charge in [-0.05, 0) is 24.5 Å². The lowest BCUT2D eigenvalue weighted by Gasteiger charge is -2.02. The molecule has 0 aliphatic heterocycles. The second kappa shape index (κ2) is 8.41. The number of aryl methyl sites for hydroxylation is 1. The minimum Gasteiger partial charge on any atom is -0.361 e. The van der Waals surface area contributed by atoms with Crippen LogP contribution < -0.4 is 5.32 Å². The molecule has 2 N–H and O–H groups in total. The molecule has 0 aliphatic rings. The third kappa shape index (κ3) is 4.27. The summed E-state index contributed by atoms with van der Waals surface area (Å²) < 4.78 is 0. The molecule has 1 amide bonds. The number of para-hydroxylation sites is 1. The van der Waals surface area contributed by atoms with E-state index in [-0.39, 0.29) is 11.7 Å². The van der Waals surface area contributed by atoms with Crippen molar-refractivity contribution in [2.24, 2.45) is 0 Å². The number of carbonyl (C=O) groups excluding carboxylic acids is 2. The van der Waals surface area contributed by atoms with Gasteiger partial charge in [0.25, 0.3) is 0 Å². The number of Topliss-reactive ketones (excluding diaryl/α,β-unsaturated/α-hetero) is 1. The van der Waals surface area contributed by atoms with Crippen molar-refractivity contribution in [1.29, 1.82) is 0 Å². The molecule has 2 aromatic carbocycles. The van der Waals surface area contributed by atoms with Crippen molar-refractivity contribution in [2.45, 2.75) is 26.2 Å². The fraction of sp³-hybridized carbons (Fsp3) is 0.174. The highest BCUT2D eigenvalue weighted by atomic mass is 32.1. The van der Waals surface area contributed by atoms with E-state index in [0.29, 0.717) is 22.1 Å². The molecular formula is C23H21N3O2S. The Hall–Kier alpha value is -3.25. The Morgan fingerprint density at radius 3 is 2.62 bits per heavy atom. The maximum absolute atomic E-state index is 12.4. The minimum atomic E-state index is -0.0895. The average molecular weight is 404 g/mol. The van der Waals surface area contributed by atoms with Crippen LogP contribution in [0.25, 0.3) is 22.2 Å². The second-order valence-corrected chi connectivity index (χ2v) is 7.88. The van der Waals surface area contributed by atoms with Crippen LogP contribution in [0.3, 0.4) is 0 Å². The van der Waals surface area contributed by atoms with Gasteiger partial charge < -0.3 is 10.3 Å². The van der Waals surface area contributed by atoms with Gasteiger partial charge in [-0.3, -0.25) is 9.59 Å². The molecule has 146 valence electrons. The molecule has 2 heterocycles. The first-order valence-electron chi connectivity index (χ1n) is 9.54. The maximum Gasteiger partial charge on any atom is 0.226 e. The molecule has 0 saturated heterocycles. The lowest BCUT2D eigenvalue weighted by Crippen LogP contribution is -2.11. The summed E-state index contributed by atoms with van der Waals surface area (Å²) in [6, 6.07) is 17.7. The Labute approximate surface area is 172 Å². The molecule has 0 aliphatic carbocycles. The third-order valence-electron chi connectivity index (χ3n) is 4.77. The summed E-state index contributed by atoms with van der Waals surface area (Å²) in [4.78, 5) is 32.7. The maximum atomic E-state index is 12.4. The molecule has 4 rings (SSSR count). The fourth-order valence-corrected chi connectivity index (χ4v) is 4.26. The number of hydrogen-bond donors (Lipinski definition) is 2. The van der Waals surface area contributed by atoms with Crippen LogP contribution in [0.2, 0.25) is 0 Å². The number of fused-ring (bicyclic) bond motifs is 1. The number of amides is 1. The predicted octanol–water partition coefficient (Wildman–Crippen LogP) is 5.46. The molecule has 5 nitrogen and oxygen atoms in total. The number of H-pyrrole nitrogens is 1. The number of anilines is 1. The summed E-state index contributed by atoms with van der Waals surface area (Å²) in [6.07, 6.45) is 3.97. The van der Waals surface area contributed by atoms with Crippen LogP contribution in [0.1, 0.15) is 35.0 Å². The number of thiazole rings is 1. The zero-order valence-corrected chi connectivity index (χ0v) is 16.9. The van der Waals surface area contributed by atoms with Crippen molar-refractivity contribution in [3.8, 4) is 11.3 Å². The van der Waals surface area contributed by atoms with Crippen molar-refractivity contribution in [3.63, 3.8) is 0 Å². The van der Waals surface area contributed by atoms with Gasteiger partial charge in [0, 0.05) is 36.0 Å². The quantitative estimate of drug-likeness (QED) is 0.403. The van der Waals surface area contributed by atoms with Crippen LogP contribution in [0, 0.1) is 0 Å². The Morgan fingerprint density at radius 2 is 1.83 bits per heavy atom. The SMILES string of the molecule is CC(=O)c1sc(NC(=O)CCCc2c[nH]c3ccccc23)nc1-c1ccccc1. The zero-order valence-electron chi connectivity index (χ0n) is 16.1. The van der Waals surface area contributed by atoms with E-state index in [2.05, 4.69) is 21.4 Å². The highest BCUT2D eigenvalue weighted by molar-refractivity contribution is 7.18. The molecule has 0 saturated carbocycles. The van der Waals surface area contributed by atoms with Crippen molar-refractivity contribution in [3.05, 3.63) is 71.2 Å². The number of aromatic nitrogens is 2. The molecule has 0 spiro atoms. The first kappa shape index (κ1) is 19.1. The monoisotopic (exact) mass is 403 g/mol. The molecule has 2 aromatic heterocycles. The Morgan fingerprint density at radius 1 is 1.07 bits per heavy atom. The van der Waals surface area contributed by atoms with E-state index in [9.17, 15) is 9.59 Å². The van der Waals surface area contributed by atoms with Crippen molar-refractivity contribution in [2.75, 3.05) is 5.32 Å². The summed E-state index contributed by atoms with van der Waals surface area (Å²) in [5.41, 5.74) is 3.82. The fourth-order valence-electron chi connectivity index (χ4n) is 3.36. The molecular weight excluding hydrogens is 382 g/mol. The van der Waals surface area contributed by atoms with E-state index >= 15 is 0 Å². The molecule has 0 fully saturated rings. The Bertz CT molecular complexity index is 1160. The zero-order chi connectivity index (χ0) is 20.2. The van der Waals surface area contributed by atoms with Crippen LogP contribution in [0.5, 0.6) is 0 Å². The number of carbonyl (C=O) groups is 2. The lowest BCUT2D eigenvalue weighted by molar-refractivity contribution is -0.116. The molecule has 0 bridgehead atoms. The van der Waals surface area contributed by atoms with E-state index in [1.54, 1.807) is 0 Å². The van der Waals surface area contributed by atoms with Gasteiger partial charge in [-0.15, -0.1) is 0 Å². The van der Waals surface area contributed by atoms with Crippen LogP contribution >= 0.6 is 11.3 Å². The minimum absolute atomic E-state index is 0.0545. The van der Waals surface area contributed by atoms with Gasteiger partial charge in [-0.25, -0.2) is 4.98 Å². The van der Waals surface area contributed by atoms with E-state index in [4.69, 9.17) is 0 Å². The normalized spacial score (nSPS) is 10.9. The van der Waals surface area contributed by atoms with E-state index in [1.165, 1.54) is 29.2 Å². The standard InChI is InChI=1S/C23H21N3O2S/c1-15(27)22-21(16-8-3-2-4-9-16)26-23(29-22)25-20(28)13-7-10-17-14-24-19-12-6-5-11-18(17)19/h2-6,8-9,11-12,14,24H,7,10,13H2,1H3,(H,25,26,28). The van der Waals surface area contributed by atoms with Gasteiger partial charge in [0.05, 0.1) is 10.6 Å². The summed E-state index contributed by atoms with van der Waals surface area (Å²) in [6.45, 7) is 1.52. The van der Waals surface area contributed by atoms with Crippen LogP contribution in [-0.4, -0.2) is 21.7 Å². The smallest absolute Gasteiger partial charge is 0.226 e. The lowest BCUT2D eigenvalue weighted by atomic mass is 10.1. The van der Waals surface area contributed by atoms with E-state index < -0.39 is 0 Å². The van der Waals surface area contributed by atoms with Crippen LogP contribution in [0.15, 0.2) is 60.8 Å². The number of ketones is 1. The van der Waals surface area contributed by atoms with Gasteiger partial charge in [-0.2, -0.15) is 0 Å². The summed E-state index contributed by atoms with van der Waals surface area (Å²) in [5, 5.41) is 4.52. The van der Waals surface area contributed by atoms with Crippen molar-refractivity contribution < 1.29 is 9.59 Å².